The van der Waals surface area contributed by atoms with Gasteiger partial charge in [0.2, 0.25) is 0 Å². The minimum Gasteiger partial charge on any atom is -0.383 e. The van der Waals surface area contributed by atoms with Crippen LogP contribution in [0.4, 0.5) is 0 Å². The number of rotatable bonds is 8. The number of aromatic nitrogens is 2. The summed E-state index contributed by atoms with van der Waals surface area (Å²) in [5, 5.41) is 10.8. The average Bonchev–Trinajstić information content (AvgIpc) is 3.21. The molecule has 0 saturated heterocycles. The van der Waals surface area contributed by atoms with Crippen LogP contribution >= 0.6 is 12.4 Å². The number of hydrogen-bond donors (Lipinski definition) is 2. The number of aryl methyl sites for hydroxylation is 1. The summed E-state index contributed by atoms with van der Waals surface area (Å²) in [6.45, 7) is 4.81. The van der Waals surface area contributed by atoms with Crippen molar-refractivity contribution in [3.05, 3.63) is 46.8 Å². The maximum absolute atomic E-state index is 12.6. The number of carbonyl (C=O) groups is 1. The molecule has 0 unspecified atom stereocenters. The first kappa shape index (κ1) is 20.4. The monoisotopic (exact) mass is 378 g/mol. The molecule has 0 atom stereocenters. The predicted octanol–water partition coefficient (Wildman–Crippen LogP) is 2.06. The number of hydrogen-bond acceptors (Lipinski definition) is 4. The number of fused-ring (bicyclic) bond motifs is 1. The minimum absolute atomic E-state index is 0. The van der Waals surface area contributed by atoms with Gasteiger partial charge in [0.05, 0.1) is 12.3 Å². The Morgan fingerprint density at radius 3 is 2.69 bits per heavy atom. The molecule has 0 spiro atoms. The first-order chi connectivity index (χ1) is 12.2. The summed E-state index contributed by atoms with van der Waals surface area (Å²) in [5.74, 6) is -0.0856. The molecule has 26 heavy (non-hydrogen) atoms. The third-order valence-electron chi connectivity index (χ3n) is 4.49. The standard InChI is InChI=1S/C19H26N4O2.ClH/c1-14-6-8-15(9-7-14)23-17-5-3-4-16(17)18(22-23)19(24)21-11-10-20-12-13-25-2;/h6-9,20H,3-5,10-13H2,1-2H3,(H,21,24);1H. The van der Waals surface area contributed by atoms with E-state index < -0.39 is 0 Å². The summed E-state index contributed by atoms with van der Waals surface area (Å²) in [5.41, 5.74) is 5.08. The van der Waals surface area contributed by atoms with Crippen molar-refractivity contribution in [2.24, 2.45) is 0 Å². The molecule has 0 fully saturated rings. The van der Waals surface area contributed by atoms with Crippen LogP contribution in [0.15, 0.2) is 24.3 Å². The summed E-state index contributed by atoms with van der Waals surface area (Å²) < 4.78 is 6.92. The molecule has 0 bridgehead atoms. The molecule has 0 radical (unpaired) electrons. The Kier molecular flexibility index (Phi) is 7.63. The van der Waals surface area contributed by atoms with E-state index in [2.05, 4.69) is 46.9 Å². The van der Waals surface area contributed by atoms with Gasteiger partial charge in [0.25, 0.3) is 5.91 Å². The zero-order valence-electron chi connectivity index (χ0n) is 15.4. The Labute approximate surface area is 160 Å². The van der Waals surface area contributed by atoms with E-state index in [1.54, 1.807) is 7.11 Å². The van der Waals surface area contributed by atoms with E-state index in [1.807, 2.05) is 4.68 Å². The molecule has 0 aliphatic heterocycles. The minimum atomic E-state index is -0.0856. The van der Waals surface area contributed by atoms with E-state index in [1.165, 1.54) is 11.3 Å². The van der Waals surface area contributed by atoms with Gasteiger partial charge in [0.15, 0.2) is 5.69 Å². The summed E-state index contributed by atoms with van der Waals surface area (Å²) >= 11 is 0. The number of nitrogens with one attached hydrogen (secondary N) is 2. The van der Waals surface area contributed by atoms with Crippen LogP contribution in [0, 0.1) is 6.92 Å². The molecule has 2 N–H and O–H groups in total. The van der Waals surface area contributed by atoms with E-state index in [0.29, 0.717) is 18.8 Å². The molecule has 6 nitrogen and oxygen atoms in total. The first-order valence-corrected chi connectivity index (χ1v) is 8.86. The fraction of sp³-hybridized carbons (Fsp3) is 0.474. The number of carbonyl (C=O) groups excluding carboxylic acids is 1. The van der Waals surface area contributed by atoms with Crippen molar-refractivity contribution in [2.45, 2.75) is 26.2 Å². The van der Waals surface area contributed by atoms with E-state index in [4.69, 9.17) is 4.74 Å². The summed E-state index contributed by atoms with van der Waals surface area (Å²) in [7, 11) is 1.68. The predicted molar refractivity (Wildman–Crippen MR) is 105 cm³/mol. The lowest BCUT2D eigenvalue weighted by molar-refractivity contribution is 0.0947. The van der Waals surface area contributed by atoms with Gasteiger partial charge in [-0.05, 0) is 38.3 Å². The number of ether oxygens (including phenoxy) is 1. The fourth-order valence-corrected chi connectivity index (χ4v) is 3.17. The summed E-state index contributed by atoms with van der Waals surface area (Å²) in [6, 6.07) is 8.26. The van der Waals surface area contributed by atoms with Gasteiger partial charge in [0.1, 0.15) is 0 Å². The van der Waals surface area contributed by atoms with Gasteiger partial charge in [0, 0.05) is 38.0 Å². The average molecular weight is 379 g/mol. The number of nitrogens with zero attached hydrogens (tertiary/aromatic N) is 2. The van der Waals surface area contributed by atoms with Crippen molar-refractivity contribution in [1.29, 1.82) is 0 Å². The van der Waals surface area contributed by atoms with Crippen molar-refractivity contribution in [3.63, 3.8) is 0 Å². The van der Waals surface area contributed by atoms with Crippen LogP contribution in [0.5, 0.6) is 0 Å². The van der Waals surface area contributed by atoms with Crippen molar-refractivity contribution in [1.82, 2.24) is 20.4 Å². The molecule has 1 heterocycles. The van der Waals surface area contributed by atoms with Crippen LogP contribution in [-0.2, 0) is 17.6 Å². The Hall–Kier alpha value is -1.89. The molecule has 7 heteroatoms. The molecule has 1 aliphatic rings. The maximum Gasteiger partial charge on any atom is 0.272 e. The smallest absolute Gasteiger partial charge is 0.272 e. The van der Waals surface area contributed by atoms with E-state index >= 15 is 0 Å². The highest BCUT2D eigenvalue weighted by Crippen LogP contribution is 2.27. The second kappa shape index (κ2) is 9.71. The first-order valence-electron chi connectivity index (χ1n) is 8.86. The highest BCUT2D eigenvalue weighted by molar-refractivity contribution is 5.94. The number of halogens is 1. The quantitative estimate of drug-likeness (QED) is 0.690. The van der Waals surface area contributed by atoms with Crippen LogP contribution in [-0.4, -0.2) is 49.0 Å². The number of methoxy groups -OCH3 is 1. The molecule has 2 aromatic rings. The summed E-state index contributed by atoms with van der Waals surface area (Å²) in [4.78, 5) is 12.6. The normalized spacial score (nSPS) is 12.5. The van der Waals surface area contributed by atoms with Crippen molar-refractivity contribution in [2.75, 3.05) is 33.4 Å². The van der Waals surface area contributed by atoms with Gasteiger partial charge in [-0.1, -0.05) is 17.7 Å². The lowest BCUT2D eigenvalue weighted by atomic mass is 10.2. The van der Waals surface area contributed by atoms with Crippen LogP contribution in [0.3, 0.4) is 0 Å². The Balaban J connectivity index is 0.00000243. The zero-order valence-corrected chi connectivity index (χ0v) is 16.2. The van der Waals surface area contributed by atoms with Gasteiger partial charge in [-0.2, -0.15) is 5.10 Å². The number of amides is 1. The van der Waals surface area contributed by atoms with Gasteiger partial charge in [-0.15, -0.1) is 12.4 Å². The molecule has 1 aromatic carbocycles. The lowest BCUT2D eigenvalue weighted by Gasteiger charge is -2.06. The molecule has 1 aliphatic carbocycles. The lowest BCUT2D eigenvalue weighted by Crippen LogP contribution is -2.33. The SMILES string of the molecule is COCCNCCNC(=O)c1nn(-c2ccc(C)cc2)c2c1CCC2.Cl. The van der Waals surface area contributed by atoms with E-state index in [9.17, 15) is 4.79 Å². The topological polar surface area (TPSA) is 68.2 Å². The molecular formula is C19H27ClN4O2. The Morgan fingerprint density at radius 2 is 1.96 bits per heavy atom. The molecule has 1 aromatic heterocycles. The molecule has 3 rings (SSSR count). The van der Waals surface area contributed by atoms with Crippen LogP contribution in [0.2, 0.25) is 0 Å². The Bertz CT molecular complexity index is 728. The highest BCUT2D eigenvalue weighted by atomic mass is 35.5. The van der Waals surface area contributed by atoms with Crippen molar-refractivity contribution < 1.29 is 9.53 Å². The third kappa shape index (κ3) is 4.63. The fourth-order valence-electron chi connectivity index (χ4n) is 3.17. The van der Waals surface area contributed by atoms with E-state index in [0.717, 1.165) is 43.6 Å². The van der Waals surface area contributed by atoms with E-state index in [-0.39, 0.29) is 18.3 Å². The van der Waals surface area contributed by atoms with Crippen LogP contribution in [0.25, 0.3) is 5.69 Å². The van der Waals surface area contributed by atoms with Gasteiger partial charge in [-0.3, -0.25) is 4.79 Å². The van der Waals surface area contributed by atoms with Gasteiger partial charge >= 0.3 is 0 Å². The molecule has 142 valence electrons. The molecule has 0 saturated carbocycles. The van der Waals surface area contributed by atoms with Crippen molar-refractivity contribution in [3.8, 4) is 5.69 Å². The van der Waals surface area contributed by atoms with Crippen LogP contribution < -0.4 is 10.6 Å². The zero-order chi connectivity index (χ0) is 17.6. The molecular weight excluding hydrogens is 352 g/mol. The summed E-state index contributed by atoms with van der Waals surface area (Å²) in [6.07, 6.45) is 2.98. The highest BCUT2D eigenvalue weighted by Gasteiger charge is 2.26. The number of benzene rings is 1. The van der Waals surface area contributed by atoms with Gasteiger partial charge < -0.3 is 15.4 Å². The largest absolute Gasteiger partial charge is 0.383 e. The molecule has 1 amide bonds. The van der Waals surface area contributed by atoms with Gasteiger partial charge in [-0.25, -0.2) is 4.68 Å². The second-order valence-electron chi connectivity index (χ2n) is 6.37. The third-order valence-corrected chi connectivity index (χ3v) is 4.49. The van der Waals surface area contributed by atoms with Crippen molar-refractivity contribution >= 4 is 18.3 Å². The Morgan fingerprint density at radius 1 is 1.19 bits per heavy atom. The maximum atomic E-state index is 12.6. The van der Waals surface area contributed by atoms with Crippen LogP contribution in [0.1, 0.15) is 33.7 Å². The second-order valence-corrected chi connectivity index (χ2v) is 6.37.